The van der Waals surface area contributed by atoms with Gasteiger partial charge in [0.15, 0.2) is 5.58 Å². The van der Waals surface area contributed by atoms with Gasteiger partial charge in [-0.1, -0.05) is 12.1 Å². The number of para-hydroxylation sites is 1. The number of fused-ring (bicyclic) bond motifs is 5. The Labute approximate surface area is 164 Å². The van der Waals surface area contributed by atoms with Crippen molar-refractivity contribution >= 4 is 44.7 Å². The maximum atomic E-state index is 13.4. The molecule has 3 heterocycles. The smallest absolute Gasteiger partial charge is 0.348 e. The van der Waals surface area contributed by atoms with E-state index in [0.29, 0.717) is 40.5 Å². The Hall–Kier alpha value is -3.61. The van der Waals surface area contributed by atoms with Crippen LogP contribution in [-0.4, -0.2) is 30.4 Å². The molecule has 1 saturated heterocycles. The standard InChI is InChI=1S/C22H17NO6/c1-27-14-9-10-15-17(18(14)21(25)23-11-5-4-8-16(23)24)19-20(28-15)12-6-2-3-7-13(12)29-22(19)26/h2-3,6-7,9-10H,4-5,8,11H2,1H3. The average molecular weight is 391 g/mol. The van der Waals surface area contributed by atoms with Crippen LogP contribution in [0.4, 0.5) is 0 Å². The number of amides is 2. The number of likely N-dealkylation sites (tertiary alicyclic amines) is 1. The predicted molar refractivity (Wildman–Crippen MR) is 106 cm³/mol. The van der Waals surface area contributed by atoms with Crippen molar-refractivity contribution in [3.05, 3.63) is 52.4 Å². The van der Waals surface area contributed by atoms with Gasteiger partial charge in [0.25, 0.3) is 5.91 Å². The average Bonchev–Trinajstić information content (AvgIpc) is 3.13. The summed E-state index contributed by atoms with van der Waals surface area (Å²) in [4.78, 5) is 39.8. The summed E-state index contributed by atoms with van der Waals surface area (Å²) in [5, 5.41) is 1.11. The summed E-state index contributed by atoms with van der Waals surface area (Å²) in [6.07, 6.45) is 1.83. The van der Waals surface area contributed by atoms with Crippen LogP contribution in [0.5, 0.6) is 5.75 Å². The minimum Gasteiger partial charge on any atom is -0.496 e. The Morgan fingerprint density at radius 3 is 2.62 bits per heavy atom. The van der Waals surface area contributed by atoms with Crippen molar-refractivity contribution < 1.29 is 23.2 Å². The van der Waals surface area contributed by atoms with Gasteiger partial charge in [0, 0.05) is 13.0 Å². The Balaban J connectivity index is 1.88. The maximum absolute atomic E-state index is 13.4. The molecule has 0 unspecified atom stereocenters. The summed E-state index contributed by atoms with van der Waals surface area (Å²) < 4.78 is 16.9. The number of hydrogen-bond acceptors (Lipinski definition) is 6. The van der Waals surface area contributed by atoms with Crippen LogP contribution < -0.4 is 10.4 Å². The quantitative estimate of drug-likeness (QED) is 0.381. The van der Waals surface area contributed by atoms with Gasteiger partial charge in [0.05, 0.1) is 23.4 Å². The lowest BCUT2D eigenvalue weighted by molar-refractivity contribution is -0.130. The number of carbonyl (C=O) groups excluding carboxylic acids is 2. The Morgan fingerprint density at radius 1 is 1.00 bits per heavy atom. The van der Waals surface area contributed by atoms with Gasteiger partial charge in [0.2, 0.25) is 5.91 Å². The zero-order valence-electron chi connectivity index (χ0n) is 15.7. The molecule has 4 aromatic rings. The molecule has 29 heavy (non-hydrogen) atoms. The second-order valence-corrected chi connectivity index (χ2v) is 7.02. The number of methoxy groups -OCH3 is 1. The molecule has 146 valence electrons. The van der Waals surface area contributed by atoms with E-state index in [-0.39, 0.29) is 22.6 Å². The van der Waals surface area contributed by atoms with Crippen molar-refractivity contribution in [3.63, 3.8) is 0 Å². The van der Waals surface area contributed by atoms with Gasteiger partial charge in [-0.15, -0.1) is 0 Å². The van der Waals surface area contributed by atoms with Crippen LogP contribution in [0.3, 0.4) is 0 Å². The summed E-state index contributed by atoms with van der Waals surface area (Å²) in [6.45, 7) is 0.338. The minimum absolute atomic E-state index is 0.140. The molecular formula is C22H17NO6. The predicted octanol–water partition coefficient (Wildman–Crippen LogP) is 3.85. The SMILES string of the molecule is COc1ccc2oc3c4ccccc4oc(=O)c3c2c1C(=O)N1CCCCC1=O. The highest BCUT2D eigenvalue weighted by Crippen LogP contribution is 2.38. The monoisotopic (exact) mass is 391 g/mol. The molecule has 7 heteroatoms. The van der Waals surface area contributed by atoms with E-state index in [1.54, 1.807) is 30.3 Å². The Bertz CT molecular complexity index is 1360. The zero-order valence-corrected chi connectivity index (χ0v) is 15.7. The maximum Gasteiger partial charge on any atom is 0.348 e. The summed E-state index contributed by atoms with van der Waals surface area (Å²) in [6, 6.07) is 10.3. The number of hydrogen-bond donors (Lipinski definition) is 0. The number of imide groups is 1. The number of benzene rings is 2. The topological polar surface area (TPSA) is 90.0 Å². The van der Waals surface area contributed by atoms with Crippen LogP contribution in [0.2, 0.25) is 0 Å². The summed E-state index contributed by atoms with van der Waals surface area (Å²) in [5.41, 5.74) is 0.637. The van der Waals surface area contributed by atoms with Gasteiger partial charge in [-0.05, 0) is 37.1 Å². The zero-order chi connectivity index (χ0) is 20.1. The Morgan fingerprint density at radius 2 is 1.83 bits per heavy atom. The van der Waals surface area contributed by atoms with E-state index in [0.717, 1.165) is 12.8 Å². The third-order valence-corrected chi connectivity index (χ3v) is 5.36. The van der Waals surface area contributed by atoms with Crippen molar-refractivity contribution in [1.29, 1.82) is 0 Å². The number of ether oxygens (including phenoxy) is 1. The van der Waals surface area contributed by atoms with E-state index in [2.05, 4.69) is 0 Å². The molecule has 0 N–H and O–H groups in total. The van der Waals surface area contributed by atoms with E-state index < -0.39 is 11.5 Å². The number of furan rings is 1. The van der Waals surface area contributed by atoms with Crippen molar-refractivity contribution in [2.75, 3.05) is 13.7 Å². The second-order valence-electron chi connectivity index (χ2n) is 7.02. The van der Waals surface area contributed by atoms with Gasteiger partial charge < -0.3 is 13.6 Å². The fourth-order valence-corrected chi connectivity index (χ4v) is 3.99. The fraction of sp³-hybridized carbons (Fsp3) is 0.227. The first-order valence-electron chi connectivity index (χ1n) is 9.40. The van der Waals surface area contributed by atoms with E-state index in [1.807, 2.05) is 6.07 Å². The Kier molecular flexibility index (Phi) is 3.91. The van der Waals surface area contributed by atoms with Gasteiger partial charge >= 0.3 is 5.63 Å². The third kappa shape index (κ3) is 2.54. The molecule has 0 radical (unpaired) electrons. The van der Waals surface area contributed by atoms with Gasteiger partial charge in [-0.2, -0.15) is 0 Å². The van der Waals surface area contributed by atoms with Gasteiger partial charge in [0.1, 0.15) is 22.3 Å². The normalized spacial score (nSPS) is 14.8. The summed E-state index contributed by atoms with van der Waals surface area (Å²) in [5.74, 6) is -0.450. The molecular weight excluding hydrogens is 374 g/mol. The molecule has 2 amide bonds. The lowest BCUT2D eigenvalue weighted by Crippen LogP contribution is -2.40. The molecule has 1 aliphatic rings. The van der Waals surface area contributed by atoms with E-state index >= 15 is 0 Å². The molecule has 7 nitrogen and oxygen atoms in total. The summed E-state index contributed by atoms with van der Waals surface area (Å²) >= 11 is 0. The number of nitrogens with zero attached hydrogens (tertiary/aromatic N) is 1. The highest BCUT2D eigenvalue weighted by molar-refractivity contribution is 6.22. The molecule has 1 aliphatic heterocycles. The van der Waals surface area contributed by atoms with E-state index in [4.69, 9.17) is 13.6 Å². The molecule has 0 atom stereocenters. The van der Waals surface area contributed by atoms with Crippen molar-refractivity contribution in [2.45, 2.75) is 19.3 Å². The lowest BCUT2D eigenvalue weighted by atomic mass is 10.0. The van der Waals surface area contributed by atoms with Crippen LogP contribution in [0.25, 0.3) is 32.9 Å². The molecule has 2 aromatic carbocycles. The van der Waals surface area contributed by atoms with Crippen molar-refractivity contribution in [3.8, 4) is 5.75 Å². The lowest BCUT2D eigenvalue weighted by Gasteiger charge is -2.25. The van der Waals surface area contributed by atoms with Crippen LogP contribution in [0.15, 0.2) is 50.0 Å². The fourth-order valence-electron chi connectivity index (χ4n) is 3.99. The van der Waals surface area contributed by atoms with Crippen LogP contribution in [-0.2, 0) is 4.79 Å². The molecule has 0 spiro atoms. The van der Waals surface area contributed by atoms with Crippen LogP contribution >= 0.6 is 0 Å². The first-order chi connectivity index (χ1) is 14.1. The third-order valence-electron chi connectivity index (χ3n) is 5.36. The molecule has 0 aliphatic carbocycles. The molecule has 5 rings (SSSR count). The number of rotatable bonds is 2. The second kappa shape index (κ2) is 6.48. The molecule has 1 fully saturated rings. The largest absolute Gasteiger partial charge is 0.496 e. The molecule has 0 saturated carbocycles. The summed E-state index contributed by atoms with van der Waals surface area (Å²) in [7, 11) is 1.44. The van der Waals surface area contributed by atoms with Crippen molar-refractivity contribution in [2.24, 2.45) is 0 Å². The van der Waals surface area contributed by atoms with Gasteiger partial charge in [-0.25, -0.2) is 4.79 Å². The highest BCUT2D eigenvalue weighted by Gasteiger charge is 2.31. The van der Waals surface area contributed by atoms with Crippen LogP contribution in [0.1, 0.15) is 29.6 Å². The molecule has 0 bridgehead atoms. The van der Waals surface area contributed by atoms with Crippen LogP contribution in [0, 0.1) is 0 Å². The van der Waals surface area contributed by atoms with Crippen molar-refractivity contribution in [1.82, 2.24) is 4.90 Å². The first-order valence-corrected chi connectivity index (χ1v) is 9.40. The molecule has 2 aromatic heterocycles. The minimum atomic E-state index is -0.607. The highest BCUT2D eigenvalue weighted by atomic mass is 16.5. The van der Waals surface area contributed by atoms with E-state index in [1.165, 1.54) is 12.0 Å². The van der Waals surface area contributed by atoms with E-state index in [9.17, 15) is 14.4 Å². The first kappa shape index (κ1) is 17.5. The number of piperidine rings is 1. The van der Waals surface area contributed by atoms with Gasteiger partial charge in [-0.3, -0.25) is 14.5 Å². The number of carbonyl (C=O) groups is 2.